The van der Waals surface area contributed by atoms with Crippen molar-refractivity contribution in [2.75, 3.05) is 13.2 Å². The van der Waals surface area contributed by atoms with E-state index in [9.17, 15) is 0 Å². The molecule has 3 rings (SSSR count). The molecular formula is C18H20O2S. The summed E-state index contributed by atoms with van der Waals surface area (Å²) in [7, 11) is 0. The molecule has 0 N–H and O–H groups in total. The van der Waals surface area contributed by atoms with Gasteiger partial charge >= 0.3 is 0 Å². The first kappa shape index (κ1) is 14.6. The standard InChI is InChI=1S/C18H20O2S/c1-14-8-10-16(11-9-14)18(19-12-13-20-18)15(2)21-17-6-4-3-5-7-17/h3-11,15H,12-13H2,1-2H3. The Balaban J connectivity index is 1.88. The fourth-order valence-electron chi connectivity index (χ4n) is 2.63. The highest BCUT2D eigenvalue weighted by molar-refractivity contribution is 8.00. The lowest BCUT2D eigenvalue weighted by atomic mass is 10.0. The van der Waals surface area contributed by atoms with E-state index in [2.05, 4.69) is 62.4 Å². The summed E-state index contributed by atoms with van der Waals surface area (Å²) >= 11 is 1.79. The van der Waals surface area contributed by atoms with Crippen LogP contribution in [-0.2, 0) is 15.3 Å². The number of hydrogen-bond donors (Lipinski definition) is 0. The van der Waals surface area contributed by atoms with E-state index in [4.69, 9.17) is 9.47 Å². The number of hydrogen-bond acceptors (Lipinski definition) is 3. The van der Waals surface area contributed by atoms with Crippen LogP contribution in [0.5, 0.6) is 0 Å². The van der Waals surface area contributed by atoms with Gasteiger partial charge in [0.15, 0.2) is 0 Å². The third kappa shape index (κ3) is 3.00. The Labute approximate surface area is 130 Å². The van der Waals surface area contributed by atoms with Gasteiger partial charge < -0.3 is 9.47 Å². The molecule has 0 bridgehead atoms. The molecule has 0 amide bonds. The molecule has 0 saturated carbocycles. The van der Waals surface area contributed by atoms with Gasteiger partial charge in [-0.2, -0.15) is 0 Å². The van der Waals surface area contributed by atoms with Crippen molar-refractivity contribution in [3.05, 3.63) is 65.7 Å². The van der Waals surface area contributed by atoms with E-state index in [0.717, 1.165) is 5.56 Å². The molecule has 1 unspecified atom stereocenters. The van der Waals surface area contributed by atoms with Gasteiger partial charge in [-0.25, -0.2) is 0 Å². The summed E-state index contributed by atoms with van der Waals surface area (Å²) in [5, 5.41) is 0.171. The van der Waals surface area contributed by atoms with E-state index >= 15 is 0 Å². The molecule has 0 spiro atoms. The number of ether oxygens (including phenoxy) is 2. The maximum absolute atomic E-state index is 6.06. The van der Waals surface area contributed by atoms with Crippen molar-refractivity contribution in [1.82, 2.24) is 0 Å². The molecule has 2 aromatic rings. The topological polar surface area (TPSA) is 18.5 Å². The molecule has 1 aliphatic heterocycles. The smallest absolute Gasteiger partial charge is 0.207 e. The third-order valence-corrected chi connectivity index (χ3v) is 4.97. The van der Waals surface area contributed by atoms with E-state index in [1.165, 1.54) is 10.5 Å². The second kappa shape index (κ2) is 6.22. The average Bonchev–Trinajstić information content (AvgIpc) is 3.00. The van der Waals surface area contributed by atoms with Gasteiger partial charge in [0.1, 0.15) is 0 Å². The molecule has 1 heterocycles. The zero-order chi connectivity index (χ0) is 14.7. The first-order valence-electron chi connectivity index (χ1n) is 7.27. The number of rotatable bonds is 4. The van der Waals surface area contributed by atoms with Gasteiger partial charge in [0.25, 0.3) is 0 Å². The van der Waals surface area contributed by atoms with Crippen LogP contribution < -0.4 is 0 Å². The van der Waals surface area contributed by atoms with Crippen molar-refractivity contribution in [3.63, 3.8) is 0 Å². The predicted molar refractivity (Wildman–Crippen MR) is 86.5 cm³/mol. The Morgan fingerprint density at radius 1 is 0.952 bits per heavy atom. The third-order valence-electron chi connectivity index (χ3n) is 3.76. The molecule has 1 atom stereocenters. The highest BCUT2D eigenvalue weighted by Crippen LogP contribution is 2.42. The number of thioether (sulfide) groups is 1. The van der Waals surface area contributed by atoms with Crippen molar-refractivity contribution < 1.29 is 9.47 Å². The first-order chi connectivity index (χ1) is 10.2. The fraction of sp³-hybridized carbons (Fsp3) is 0.333. The van der Waals surface area contributed by atoms with E-state index in [-0.39, 0.29) is 5.25 Å². The minimum atomic E-state index is -0.645. The van der Waals surface area contributed by atoms with Crippen LogP contribution in [0.2, 0.25) is 0 Å². The summed E-state index contributed by atoms with van der Waals surface area (Å²) in [6, 6.07) is 18.9. The molecule has 0 radical (unpaired) electrons. The maximum Gasteiger partial charge on any atom is 0.207 e. The fourth-order valence-corrected chi connectivity index (χ4v) is 3.78. The van der Waals surface area contributed by atoms with Crippen LogP contribution in [0, 0.1) is 6.92 Å². The van der Waals surface area contributed by atoms with Crippen LogP contribution in [0.25, 0.3) is 0 Å². The second-order valence-corrected chi connectivity index (χ2v) is 6.72. The highest BCUT2D eigenvalue weighted by atomic mass is 32.2. The quantitative estimate of drug-likeness (QED) is 0.781. The second-order valence-electron chi connectivity index (χ2n) is 5.30. The summed E-state index contributed by atoms with van der Waals surface area (Å²) in [6.45, 7) is 5.55. The maximum atomic E-state index is 6.06. The minimum Gasteiger partial charge on any atom is -0.343 e. The van der Waals surface area contributed by atoms with E-state index in [1.54, 1.807) is 11.8 Å². The summed E-state index contributed by atoms with van der Waals surface area (Å²) in [6.07, 6.45) is 0. The molecular weight excluding hydrogens is 280 g/mol. The van der Waals surface area contributed by atoms with Crippen molar-refractivity contribution >= 4 is 11.8 Å². The van der Waals surface area contributed by atoms with Gasteiger partial charge in [0.05, 0.1) is 18.5 Å². The summed E-state index contributed by atoms with van der Waals surface area (Å²) < 4.78 is 12.1. The Morgan fingerprint density at radius 2 is 1.57 bits per heavy atom. The van der Waals surface area contributed by atoms with Crippen molar-refractivity contribution in [1.29, 1.82) is 0 Å². The van der Waals surface area contributed by atoms with Crippen LogP contribution >= 0.6 is 11.8 Å². The van der Waals surface area contributed by atoms with Crippen LogP contribution in [0.15, 0.2) is 59.5 Å². The van der Waals surface area contributed by atoms with Crippen LogP contribution in [0.3, 0.4) is 0 Å². The van der Waals surface area contributed by atoms with Crippen LogP contribution in [0.4, 0.5) is 0 Å². The van der Waals surface area contributed by atoms with E-state index in [0.29, 0.717) is 13.2 Å². The van der Waals surface area contributed by atoms with Gasteiger partial charge in [0.2, 0.25) is 5.79 Å². The first-order valence-corrected chi connectivity index (χ1v) is 8.15. The highest BCUT2D eigenvalue weighted by Gasteiger charge is 2.44. The molecule has 3 heteroatoms. The Hall–Kier alpha value is -1.29. The minimum absolute atomic E-state index is 0.171. The zero-order valence-corrected chi connectivity index (χ0v) is 13.2. The Bertz CT molecular complexity index is 574. The zero-order valence-electron chi connectivity index (χ0n) is 12.4. The summed E-state index contributed by atoms with van der Waals surface area (Å²) in [5.41, 5.74) is 2.34. The molecule has 2 nitrogen and oxygen atoms in total. The Kier molecular flexibility index (Phi) is 4.34. The molecule has 1 aliphatic rings. The van der Waals surface area contributed by atoms with Crippen LogP contribution in [0.1, 0.15) is 18.1 Å². The van der Waals surface area contributed by atoms with E-state index < -0.39 is 5.79 Å². The molecule has 110 valence electrons. The summed E-state index contributed by atoms with van der Waals surface area (Å²) in [5.74, 6) is -0.645. The average molecular weight is 300 g/mol. The Morgan fingerprint density at radius 3 is 2.19 bits per heavy atom. The lowest BCUT2D eigenvalue weighted by molar-refractivity contribution is -0.162. The van der Waals surface area contributed by atoms with Crippen LogP contribution in [-0.4, -0.2) is 18.5 Å². The monoisotopic (exact) mass is 300 g/mol. The molecule has 2 aromatic carbocycles. The molecule has 21 heavy (non-hydrogen) atoms. The lowest BCUT2D eigenvalue weighted by Crippen LogP contribution is -2.37. The molecule has 1 saturated heterocycles. The number of aryl methyl sites for hydroxylation is 1. The van der Waals surface area contributed by atoms with Gasteiger partial charge in [-0.3, -0.25) is 0 Å². The summed E-state index contributed by atoms with van der Waals surface area (Å²) in [4.78, 5) is 1.23. The molecule has 0 aliphatic carbocycles. The normalized spacial score (nSPS) is 18.6. The van der Waals surface area contributed by atoms with Crippen molar-refractivity contribution in [2.24, 2.45) is 0 Å². The van der Waals surface area contributed by atoms with Gasteiger partial charge in [-0.1, -0.05) is 48.0 Å². The largest absolute Gasteiger partial charge is 0.343 e. The molecule has 1 fully saturated rings. The van der Waals surface area contributed by atoms with Gasteiger partial charge in [-0.05, 0) is 26.0 Å². The lowest BCUT2D eigenvalue weighted by Gasteiger charge is -2.33. The van der Waals surface area contributed by atoms with Crippen molar-refractivity contribution in [2.45, 2.75) is 29.8 Å². The predicted octanol–water partition coefficient (Wildman–Crippen LogP) is 4.38. The van der Waals surface area contributed by atoms with Crippen molar-refractivity contribution in [3.8, 4) is 0 Å². The number of benzene rings is 2. The molecule has 0 aromatic heterocycles. The SMILES string of the molecule is Cc1ccc(C2(C(C)Sc3ccccc3)OCCO2)cc1. The van der Waals surface area contributed by atoms with Gasteiger partial charge in [0, 0.05) is 10.5 Å². The van der Waals surface area contributed by atoms with Gasteiger partial charge in [-0.15, -0.1) is 11.8 Å². The van der Waals surface area contributed by atoms with E-state index in [1.807, 2.05) is 6.07 Å².